The van der Waals surface area contributed by atoms with Gasteiger partial charge >= 0.3 is 0 Å². The normalized spacial score (nSPS) is 12.6. The maximum Gasteiger partial charge on any atom is 0.240 e. The molecule has 1 heterocycles. The Morgan fingerprint density at radius 3 is 2.44 bits per heavy atom. The Morgan fingerprint density at radius 2 is 2.00 bits per heavy atom. The van der Waals surface area contributed by atoms with E-state index < -0.39 is 5.41 Å². The fourth-order valence-corrected chi connectivity index (χ4v) is 1.85. The maximum atomic E-state index is 12.2. The molecule has 0 aliphatic heterocycles. The van der Waals surface area contributed by atoms with Crippen molar-refractivity contribution < 1.29 is 4.79 Å². The number of nitrogens with zero attached hydrogens (tertiary/aromatic N) is 2. The van der Waals surface area contributed by atoms with Gasteiger partial charge in [0.25, 0.3) is 0 Å². The standard InChI is InChI=1S/C14H19N3O/c1-4-14(5-2,10-15)13(18)17-11(3)12-6-8-16-9-7-12/h6-9,11H,4-5H2,1-3H3,(H,17,18). The summed E-state index contributed by atoms with van der Waals surface area (Å²) in [5, 5.41) is 12.1. The van der Waals surface area contributed by atoms with E-state index in [4.69, 9.17) is 0 Å². The Balaban J connectivity index is 2.79. The van der Waals surface area contributed by atoms with Crippen LogP contribution >= 0.6 is 0 Å². The average Bonchev–Trinajstić information content (AvgIpc) is 2.42. The summed E-state index contributed by atoms with van der Waals surface area (Å²) in [6.45, 7) is 5.63. The molecule has 0 saturated heterocycles. The summed E-state index contributed by atoms with van der Waals surface area (Å²) in [5.41, 5.74) is 0.0683. The number of carbonyl (C=O) groups excluding carboxylic acids is 1. The highest BCUT2D eigenvalue weighted by molar-refractivity contribution is 5.85. The molecule has 4 heteroatoms. The molecule has 1 aromatic rings. The number of rotatable bonds is 5. The van der Waals surface area contributed by atoms with Crippen LogP contribution in [0.25, 0.3) is 0 Å². The molecule has 4 nitrogen and oxygen atoms in total. The van der Waals surface area contributed by atoms with Crippen LogP contribution in [0, 0.1) is 16.7 Å². The molecule has 1 amide bonds. The van der Waals surface area contributed by atoms with Gasteiger partial charge < -0.3 is 5.32 Å². The molecule has 1 aromatic heterocycles. The topological polar surface area (TPSA) is 65.8 Å². The highest BCUT2D eigenvalue weighted by Crippen LogP contribution is 2.26. The fraction of sp³-hybridized carbons (Fsp3) is 0.500. The first kappa shape index (κ1) is 14.2. The van der Waals surface area contributed by atoms with Crippen molar-refractivity contribution in [1.82, 2.24) is 10.3 Å². The molecule has 96 valence electrons. The number of carbonyl (C=O) groups is 1. The van der Waals surface area contributed by atoms with Crippen molar-refractivity contribution in [3.8, 4) is 6.07 Å². The third-order valence-electron chi connectivity index (χ3n) is 3.41. The SMILES string of the molecule is CCC(C#N)(CC)C(=O)NC(C)c1ccncc1. The van der Waals surface area contributed by atoms with E-state index in [1.165, 1.54) is 0 Å². The van der Waals surface area contributed by atoms with E-state index in [9.17, 15) is 10.1 Å². The summed E-state index contributed by atoms with van der Waals surface area (Å²) in [6.07, 6.45) is 4.42. The quantitative estimate of drug-likeness (QED) is 0.867. The molecule has 1 atom stereocenters. The monoisotopic (exact) mass is 245 g/mol. The van der Waals surface area contributed by atoms with Crippen LogP contribution in [0.4, 0.5) is 0 Å². The fourth-order valence-electron chi connectivity index (χ4n) is 1.85. The molecule has 18 heavy (non-hydrogen) atoms. The van der Waals surface area contributed by atoms with Gasteiger partial charge in [0.2, 0.25) is 5.91 Å². The van der Waals surface area contributed by atoms with Crippen LogP contribution in [0.15, 0.2) is 24.5 Å². The predicted octanol–water partition coefficient (Wildman–Crippen LogP) is 2.59. The van der Waals surface area contributed by atoms with E-state index in [-0.39, 0.29) is 11.9 Å². The summed E-state index contributed by atoms with van der Waals surface area (Å²) >= 11 is 0. The van der Waals surface area contributed by atoms with Gasteiger partial charge in [-0.15, -0.1) is 0 Å². The molecule has 0 aliphatic carbocycles. The number of pyridine rings is 1. The van der Waals surface area contributed by atoms with E-state index in [2.05, 4.69) is 16.4 Å². The number of aromatic nitrogens is 1. The molecule has 1 rings (SSSR count). The van der Waals surface area contributed by atoms with Crippen molar-refractivity contribution in [3.05, 3.63) is 30.1 Å². The lowest BCUT2D eigenvalue weighted by Gasteiger charge is -2.25. The smallest absolute Gasteiger partial charge is 0.240 e. The number of hydrogen-bond acceptors (Lipinski definition) is 3. The van der Waals surface area contributed by atoms with Crippen LogP contribution in [-0.2, 0) is 4.79 Å². The number of nitriles is 1. The van der Waals surface area contributed by atoms with Crippen molar-refractivity contribution in [2.24, 2.45) is 5.41 Å². The van der Waals surface area contributed by atoms with Crippen molar-refractivity contribution in [1.29, 1.82) is 5.26 Å². The molecule has 1 unspecified atom stereocenters. The Kier molecular flexibility index (Phi) is 4.85. The second-order valence-corrected chi connectivity index (χ2v) is 4.38. The number of hydrogen-bond donors (Lipinski definition) is 1. The van der Waals surface area contributed by atoms with Gasteiger partial charge in [-0.3, -0.25) is 9.78 Å². The molecule has 0 radical (unpaired) electrons. The Labute approximate surface area is 108 Å². The summed E-state index contributed by atoms with van der Waals surface area (Å²) in [5.74, 6) is -0.195. The molecule has 0 fully saturated rings. The molecular weight excluding hydrogens is 226 g/mol. The molecule has 1 N–H and O–H groups in total. The van der Waals surface area contributed by atoms with Gasteiger partial charge in [-0.25, -0.2) is 0 Å². The summed E-state index contributed by atoms with van der Waals surface area (Å²) in [7, 11) is 0. The largest absolute Gasteiger partial charge is 0.348 e. The molecule has 0 spiro atoms. The molecule has 0 aliphatic rings. The van der Waals surface area contributed by atoms with E-state index in [0.29, 0.717) is 12.8 Å². The van der Waals surface area contributed by atoms with Crippen molar-refractivity contribution in [2.45, 2.75) is 39.7 Å². The van der Waals surface area contributed by atoms with Gasteiger partial charge in [0.1, 0.15) is 5.41 Å². The van der Waals surface area contributed by atoms with Gasteiger partial charge in [0.05, 0.1) is 12.1 Å². The molecule has 0 aromatic carbocycles. The molecule has 0 bridgehead atoms. The van der Waals surface area contributed by atoms with Crippen LogP contribution in [0.3, 0.4) is 0 Å². The number of amides is 1. The minimum Gasteiger partial charge on any atom is -0.348 e. The van der Waals surface area contributed by atoms with Gasteiger partial charge in [-0.1, -0.05) is 13.8 Å². The Morgan fingerprint density at radius 1 is 1.44 bits per heavy atom. The van der Waals surface area contributed by atoms with Crippen LogP contribution < -0.4 is 5.32 Å². The van der Waals surface area contributed by atoms with Gasteiger partial charge in [0.15, 0.2) is 0 Å². The second-order valence-electron chi connectivity index (χ2n) is 4.38. The molecule has 0 saturated carbocycles. The van der Waals surface area contributed by atoms with Crippen molar-refractivity contribution >= 4 is 5.91 Å². The second kappa shape index (κ2) is 6.15. The van der Waals surface area contributed by atoms with Crippen LogP contribution in [0.2, 0.25) is 0 Å². The van der Waals surface area contributed by atoms with Crippen molar-refractivity contribution in [3.63, 3.8) is 0 Å². The van der Waals surface area contributed by atoms with Crippen LogP contribution in [0.5, 0.6) is 0 Å². The average molecular weight is 245 g/mol. The zero-order valence-corrected chi connectivity index (χ0v) is 11.1. The zero-order valence-electron chi connectivity index (χ0n) is 11.1. The summed E-state index contributed by atoms with van der Waals surface area (Å²) in [4.78, 5) is 16.1. The van der Waals surface area contributed by atoms with E-state index >= 15 is 0 Å². The first-order chi connectivity index (χ1) is 8.59. The Hall–Kier alpha value is -1.89. The lowest BCUT2D eigenvalue weighted by atomic mass is 9.83. The summed E-state index contributed by atoms with van der Waals surface area (Å²) in [6, 6.07) is 5.74. The minimum absolute atomic E-state index is 0.119. The third-order valence-corrected chi connectivity index (χ3v) is 3.41. The van der Waals surface area contributed by atoms with Gasteiger partial charge in [0, 0.05) is 12.4 Å². The molecular formula is C14H19N3O. The first-order valence-corrected chi connectivity index (χ1v) is 6.21. The van der Waals surface area contributed by atoms with E-state index in [1.54, 1.807) is 12.4 Å². The van der Waals surface area contributed by atoms with Crippen molar-refractivity contribution in [2.75, 3.05) is 0 Å². The first-order valence-electron chi connectivity index (χ1n) is 6.21. The maximum absolute atomic E-state index is 12.2. The van der Waals surface area contributed by atoms with E-state index in [0.717, 1.165) is 5.56 Å². The van der Waals surface area contributed by atoms with E-state index in [1.807, 2.05) is 32.9 Å². The lowest BCUT2D eigenvalue weighted by Crippen LogP contribution is -2.40. The lowest BCUT2D eigenvalue weighted by molar-refractivity contribution is -0.129. The van der Waals surface area contributed by atoms with Crippen LogP contribution in [-0.4, -0.2) is 10.9 Å². The minimum atomic E-state index is -0.915. The highest BCUT2D eigenvalue weighted by atomic mass is 16.2. The van der Waals surface area contributed by atoms with Gasteiger partial charge in [-0.05, 0) is 37.5 Å². The third kappa shape index (κ3) is 2.86. The summed E-state index contributed by atoms with van der Waals surface area (Å²) < 4.78 is 0. The van der Waals surface area contributed by atoms with Gasteiger partial charge in [-0.2, -0.15) is 5.26 Å². The number of nitrogens with one attached hydrogen (secondary N) is 1. The zero-order chi connectivity index (χ0) is 13.6. The Bertz CT molecular complexity index is 432. The predicted molar refractivity (Wildman–Crippen MR) is 69.4 cm³/mol. The highest BCUT2D eigenvalue weighted by Gasteiger charge is 2.35. The van der Waals surface area contributed by atoms with Crippen LogP contribution in [0.1, 0.15) is 45.2 Å².